The summed E-state index contributed by atoms with van der Waals surface area (Å²) in [6.45, 7) is 8.44. The average molecular weight is 251 g/mol. The minimum atomic E-state index is 0.244. The van der Waals surface area contributed by atoms with Crippen LogP contribution in [0.25, 0.3) is 0 Å². The van der Waals surface area contributed by atoms with Gasteiger partial charge in [-0.15, -0.1) is 0 Å². The molecule has 18 heavy (non-hydrogen) atoms. The summed E-state index contributed by atoms with van der Waals surface area (Å²) in [4.78, 5) is 4.52. The molecular weight excluding hydrogens is 226 g/mol. The maximum Gasteiger partial charge on any atom is 0.128 e. The van der Waals surface area contributed by atoms with Gasteiger partial charge in [-0.25, -0.2) is 0 Å². The molecule has 0 bridgehead atoms. The first-order valence-electron chi connectivity index (χ1n) is 6.50. The third kappa shape index (κ3) is 3.21. The fourth-order valence-electron chi connectivity index (χ4n) is 2.19. The third-order valence-corrected chi connectivity index (χ3v) is 3.71. The van der Waals surface area contributed by atoms with Crippen LogP contribution in [0.3, 0.4) is 0 Å². The Morgan fingerprint density at radius 1 is 1.44 bits per heavy atom. The molecule has 1 aromatic rings. The van der Waals surface area contributed by atoms with Gasteiger partial charge in [0.1, 0.15) is 5.75 Å². The molecule has 102 valence electrons. The number of rotatable bonds is 6. The van der Waals surface area contributed by atoms with E-state index in [0.717, 1.165) is 35.4 Å². The summed E-state index contributed by atoms with van der Waals surface area (Å²) in [6.07, 6.45) is 3.79. The highest BCUT2D eigenvalue weighted by atomic mass is 16.5. The average Bonchev–Trinajstić information content (AvgIpc) is 2.38. The van der Waals surface area contributed by atoms with Gasteiger partial charge >= 0.3 is 0 Å². The Labute approximate surface area is 110 Å². The number of nitrogens with one attached hydrogen (secondary N) is 1. The molecule has 0 aliphatic heterocycles. The van der Waals surface area contributed by atoms with E-state index in [1.165, 1.54) is 0 Å². The van der Waals surface area contributed by atoms with Crippen LogP contribution in [0.2, 0.25) is 0 Å². The van der Waals surface area contributed by atoms with Crippen LogP contribution in [-0.4, -0.2) is 18.1 Å². The van der Waals surface area contributed by atoms with Crippen molar-refractivity contribution in [2.24, 2.45) is 11.8 Å². The summed E-state index contributed by atoms with van der Waals surface area (Å²) in [7, 11) is 1.70. The quantitative estimate of drug-likeness (QED) is 0.600. The molecule has 1 heterocycles. The SMILES string of the molecule is CCC(C)C(Cc1ncc(C)c(OC)c1C)NN. The molecule has 1 rings (SSSR count). The zero-order chi connectivity index (χ0) is 13.7. The minimum absolute atomic E-state index is 0.244. The van der Waals surface area contributed by atoms with Gasteiger partial charge in [-0.05, 0) is 19.8 Å². The van der Waals surface area contributed by atoms with E-state index in [1.807, 2.05) is 13.1 Å². The molecule has 1 aromatic heterocycles. The number of methoxy groups -OCH3 is 1. The monoisotopic (exact) mass is 251 g/mol. The molecule has 0 radical (unpaired) electrons. The molecule has 4 heteroatoms. The molecule has 0 aliphatic carbocycles. The van der Waals surface area contributed by atoms with Crippen molar-refractivity contribution in [1.82, 2.24) is 10.4 Å². The highest BCUT2D eigenvalue weighted by Gasteiger charge is 2.18. The molecule has 4 nitrogen and oxygen atoms in total. The molecule has 0 spiro atoms. The van der Waals surface area contributed by atoms with E-state index in [2.05, 4.69) is 31.2 Å². The van der Waals surface area contributed by atoms with E-state index in [0.29, 0.717) is 5.92 Å². The first-order valence-corrected chi connectivity index (χ1v) is 6.50. The van der Waals surface area contributed by atoms with Gasteiger partial charge in [-0.3, -0.25) is 16.3 Å². The summed E-state index contributed by atoms with van der Waals surface area (Å²) in [5.41, 5.74) is 6.14. The van der Waals surface area contributed by atoms with Gasteiger partial charge in [0, 0.05) is 35.5 Å². The lowest BCUT2D eigenvalue weighted by Gasteiger charge is -2.23. The highest BCUT2D eigenvalue weighted by Crippen LogP contribution is 2.25. The van der Waals surface area contributed by atoms with Gasteiger partial charge in [0.15, 0.2) is 0 Å². The van der Waals surface area contributed by atoms with Crippen LogP contribution >= 0.6 is 0 Å². The summed E-state index contributed by atoms with van der Waals surface area (Å²) >= 11 is 0. The van der Waals surface area contributed by atoms with Crippen LogP contribution in [0, 0.1) is 19.8 Å². The molecule has 2 unspecified atom stereocenters. The molecule has 0 amide bonds. The first-order chi connectivity index (χ1) is 8.54. The molecular formula is C14H25N3O. The van der Waals surface area contributed by atoms with Crippen LogP contribution < -0.4 is 16.0 Å². The second-order valence-electron chi connectivity index (χ2n) is 4.91. The molecule has 0 aliphatic rings. The topological polar surface area (TPSA) is 60.2 Å². The van der Waals surface area contributed by atoms with Gasteiger partial charge < -0.3 is 4.74 Å². The van der Waals surface area contributed by atoms with Gasteiger partial charge in [-0.1, -0.05) is 20.3 Å². The Balaban J connectivity index is 2.97. The van der Waals surface area contributed by atoms with E-state index in [-0.39, 0.29) is 6.04 Å². The standard InChI is InChI=1S/C14H25N3O/c1-6-9(2)12(17-15)7-13-11(4)14(18-5)10(3)8-16-13/h8-9,12,17H,6-7,15H2,1-5H3. The third-order valence-electron chi connectivity index (χ3n) is 3.71. The lowest BCUT2D eigenvalue weighted by Crippen LogP contribution is -2.41. The van der Waals surface area contributed by atoms with Crippen molar-refractivity contribution >= 4 is 0 Å². The van der Waals surface area contributed by atoms with Crippen molar-refractivity contribution in [2.75, 3.05) is 7.11 Å². The Hall–Kier alpha value is -1.13. The summed E-state index contributed by atoms with van der Waals surface area (Å²) in [6, 6.07) is 0.244. The van der Waals surface area contributed by atoms with E-state index >= 15 is 0 Å². The smallest absolute Gasteiger partial charge is 0.128 e. The van der Waals surface area contributed by atoms with Gasteiger partial charge in [-0.2, -0.15) is 0 Å². The Morgan fingerprint density at radius 3 is 2.61 bits per heavy atom. The van der Waals surface area contributed by atoms with E-state index in [1.54, 1.807) is 7.11 Å². The van der Waals surface area contributed by atoms with Crippen molar-refractivity contribution in [3.8, 4) is 5.75 Å². The zero-order valence-electron chi connectivity index (χ0n) is 12.1. The summed E-state index contributed by atoms with van der Waals surface area (Å²) < 4.78 is 5.43. The van der Waals surface area contributed by atoms with Gasteiger partial charge in [0.25, 0.3) is 0 Å². The van der Waals surface area contributed by atoms with Gasteiger partial charge in [0.2, 0.25) is 0 Å². The number of ether oxygens (including phenoxy) is 1. The van der Waals surface area contributed by atoms with Crippen LogP contribution in [0.4, 0.5) is 0 Å². The number of hydrogen-bond donors (Lipinski definition) is 2. The fourth-order valence-corrected chi connectivity index (χ4v) is 2.19. The predicted octanol–water partition coefficient (Wildman–Crippen LogP) is 2.13. The number of hydrogen-bond acceptors (Lipinski definition) is 4. The maximum atomic E-state index is 5.64. The van der Waals surface area contributed by atoms with Crippen molar-refractivity contribution < 1.29 is 4.74 Å². The fraction of sp³-hybridized carbons (Fsp3) is 0.643. The van der Waals surface area contributed by atoms with Crippen molar-refractivity contribution in [3.63, 3.8) is 0 Å². The molecule has 2 atom stereocenters. The van der Waals surface area contributed by atoms with Gasteiger partial charge in [0.05, 0.1) is 7.11 Å². The van der Waals surface area contributed by atoms with E-state index < -0.39 is 0 Å². The largest absolute Gasteiger partial charge is 0.496 e. The number of nitrogens with zero attached hydrogens (tertiary/aromatic N) is 1. The predicted molar refractivity (Wildman–Crippen MR) is 74.5 cm³/mol. The molecule has 0 saturated carbocycles. The highest BCUT2D eigenvalue weighted by molar-refractivity contribution is 5.41. The Kier molecular flexibility index (Phi) is 5.56. The Bertz CT molecular complexity index is 393. The summed E-state index contributed by atoms with van der Waals surface area (Å²) in [5.74, 6) is 7.09. The number of nitrogens with two attached hydrogens (primary N) is 1. The number of pyridine rings is 1. The first kappa shape index (κ1) is 14.9. The molecule has 0 fully saturated rings. The molecule has 3 N–H and O–H groups in total. The van der Waals surface area contributed by atoms with Crippen LogP contribution in [0.1, 0.15) is 37.1 Å². The zero-order valence-corrected chi connectivity index (χ0v) is 12.1. The molecule has 0 saturated heterocycles. The number of aromatic nitrogens is 1. The van der Waals surface area contributed by atoms with Crippen LogP contribution in [0.15, 0.2) is 6.20 Å². The number of aryl methyl sites for hydroxylation is 1. The minimum Gasteiger partial charge on any atom is -0.496 e. The number of hydrazine groups is 1. The van der Waals surface area contributed by atoms with Crippen molar-refractivity contribution in [1.29, 1.82) is 0 Å². The second kappa shape index (κ2) is 6.71. The lowest BCUT2D eigenvalue weighted by molar-refractivity contribution is 0.365. The van der Waals surface area contributed by atoms with Crippen LogP contribution in [0.5, 0.6) is 5.75 Å². The molecule has 0 aromatic carbocycles. The lowest BCUT2D eigenvalue weighted by atomic mass is 9.94. The Morgan fingerprint density at radius 2 is 2.11 bits per heavy atom. The van der Waals surface area contributed by atoms with Crippen LogP contribution in [-0.2, 0) is 6.42 Å². The second-order valence-corrected chi connectivity index (χ2v) is 4.91. The van der Waals surface area contributed by atoms with Crippen molar-refractivity contribution in [3.05, 3.63) is 23.0 Å². The van der Waals surface area contributed by atoms with E-state index in [9.17, 15) is 0 Å². The van der Waals surface area contributed by atoms with E-state index in [4.69, 9.17) is 10.6 Å². The van der Waals surface area contributed by atoms with Crippen molar-refractivity contribution in [2.45, 2.75) is 46.6 Å². The maximum absolute atomic E-state index is 5.64. The summed E-state index contributed by atoms with van der Waals surface area (Å²) in [5, 5.41) is 0. The normalized spacial score (nSPS) is 14.3.